The molecule has 3 aromatic rings. The van der Waals surface area contributed by atoms with Gasteiger partial charge in [-0.1, -0.05) is 75.7 Å². The van der Waals surface area contributed by atoms with Gasteiger partial charge in [0, 0.05) is 16.6 Å². The predicted octanol–water partition coefficient (Wildman–Crippen LogP) is 6.46. The minimum Gasteiger partial charge on any atom is -0.321 e. The van der Waals surface area contributed by atoms with Crippen molar-refractivity contribution in [3.63, 3.8) is 0 Å². The van der Waals surface area contributed by atoms with Gasteiger partial charge in [0.1, 0.15) is 0 Å². The maximum absolute atomic E-state index is 12.8. The van der Waals surface area contributed by atoms with Crippen LogP contribution in [0.3, 0.4) is 0 Å². The molecule has 1 N–H and O–H groups in total. The van der Waals surface area contributed by atoms with Crippen LogP contribution in [0.5, 0.6) is 0 Å². The molecule has 0 atom stereocenters. The quantitative estimate of drug-likeness (QED) is 0.545. The smallest absolute Gasteiger partial charge is 0.255 e. The van der Waals surface area contributed by atoms with E-state index in [1.807, 2.05) is 48.5 Å². The number of benzene rings is 3. The molecule has 0 saturated heterocycles. The standard InChI is InChI=1S/C24H27NO/c1-4-15-24(2,3)17-18-9-7-12-20(16-18)23(26)25-22-14-8-11-19-10-5-6-13-21(19)22/h5-14,16H,4,15,17H2,1-3H3,(H,25,26). The lowest BCUT2D eigenvalue weighted by atomic mass is 9.81. The minimum absolute atomic E-state index is 0.0588. The van der Waals surface area contributed by atoms with Crippen molar-refractivity contribution in [2.75, 3.05) is 5.32 Å². The van der Waals surface area contributed by atoms with Crippen molar-refractivity contribution in [2.24, 2.45) is 5.41 Å². The summed E-state index contributed by atoms with van der Waals surface area (Å²) in [5.74, 6) is -0.0588. The van der Waals surface area contributed by atoms with Crippen molar-refractivity contribution in [3.8, 4) is 0 Å². The molecule has 1 amide bonds. The molecule has 0 spiro atoms. The molecule has 26 heavy (non-hydrogen) atoms. The highest BCUT2D eigenvalue weighted by Crippen LogP contribution is 2.28. The molecule has 3 aromatic carbocycles. The van der Waals surface area contributed by atoms with Crippen LogP contribution in [0, 0.1) is 5.41 Å². The lowest BCUT2D eigenvalue weighted by molar-refractivity contribution is 0.102. The van der Waals surface area contributed by atoms with Crippen molar-refractivity contribution in [1.82, 2.24) is 0 Å². The number of carbonyl (C=O) groups excluding carboxylic acids is 1. The van der Waals surface area contributed by atoms with Gasteiger partial charge in [-0.3, -0.25) is 4.79 Å². The number of hydrogen-bond donors (Lipinski definition) is 1. The Hall–Kier alpha value is -2.61. The molecular weight excluding hydrogens is 318 g/mol. The molecule has 0 aliphatic rings. The Labute approximate surface area is 156 Å². The Bertz CT molecular complexity index is 905. The number of nitrogens with one attached hydrogen (secondary N) is 1. The predicted molar refractivity (Wildman–Crippen MR) is 111 cm³/mol. The molecule has 0 heterocycles. The maximum atomic E-state index is 12.8. The molecule has 0 aromatic heterocycles. The average molecular weight is 345 g/mol. The Morgan fingerprint density at radius 2 is 1.69 bits per heavy atom. The fourth-order valence-electron chi connectivity index (χ4n) is 3.67. The van der Waals surface area contributed by atoms with Gasteiger partial charge in [-0.05, 0) is 47.4 Å². The van der Waals surface area contributed by atoms with Crippen LogP contribution >= 0.6 is 0 Å². The Morgan fingerprint density at radius 1 is 0.962 bits per heavy atom. The Morgan fingerprint density at radius 3 is 2.50 bits per heavy atom. The first kappa shape index (κ1) is 18.2. The fraction of sp³-hybridized carbons (Fsp3) is 0.292. The zero-order valence-corrected chi connectivity index (χ0v) is 15.9. The largest absolute Gasteiger partial charge is 0.321 e. The number of amides is 1. The van der Waals surface area contributed by atoms with E-state index in [9.17, 15) is 4.79 Å². The van der Waals surface area contributed by atoms with Gasteiger partial charge in [0.15, 0.2) is 0 Å². The van der Waals surface area contributed by atoms with Gasteiger partial charge in [0.05, 0.1) is 0 Å². The summed E-state index contributed by atoms with van der Waals surface area (Å²) in [6.07, 6.45) is 3.34. The first-order valence-corrected chi connectivity index (χ1v) is 9.36. The van der Waals surface area contributed by atoms with Gasteiger partial charge in [0.2, 0.25) is 0 Å². The molecule has 0 fully saturated rings. The van der Waals surface area contributed by atoms with E-state index in [0.29, 0.717) is 5.56 Å². The van der Waals surface area contributed by atoms with Gasteiger partial charge < -0.3 is 5.32 Å². The van der Waals surface area contributed by atoms with Gasteiger partial charge in [-0.2, -0.15) is 0 Å². The molecule has 0 radical (unpaired) electrons. The Balaban J connectivity index is 1.81. The third-order valence-corrected chi connectivity index (χ3v) is 4.84. The number of carbonyl (C=O) groups is 1. The molecule has 2 nitrogen and oxygen atoms in total. The van der Waals surface area contributed by atoms with E-state index < -0.39 is 0 Å². The van der Waals surface area contributed by atoms with Crippen LogP contribution in [0.1, 0.15) is 49.5 Å². The van der Waals surface area contributed by atoms with E-state index in [1.165, 1.54) is 18.4 Å². The summed E-state index contributed by atoms with van der Waals surface area (Å²) < 4.78 is 0. The third kappa shape index (κ3) is 4.32. The van der Waals surface area contributed by atoms with Crippen LogP contribution in [0.4, 0.5) is 5.69 Å². The summed E-state index contributed by atoms with van der Waals surface area (Å²) in [5.41, 5.74) is 3.03. The zero-order chi connectivity index (χ0) is 18.6. The number of anilines is 1. The third-order valence-electron chi connectivity index (χ3n) is 4.84. The highest BCUT2D eigenvalue weighted by Gasteiger charge is 2.18. The highest BCUT2D eigenvalue weighted by atomic mass is 16.1. The first-order valence-electron chi connectivity index (χ1n) is 9.36. The summed E-state index contributed by atoms with van der Waals surface area (Å²) in [4.78, 5) is 12.8. The van der Waals surface area contributed by atoms with Gasteiger partial charge >= 0.3 is 0 Å². The topological polar surface area (TPSA) is 29.1 Å². The highest BCUT2D eigenvalue weighted by molar-refractivity contribution is 6.09. The molecule has 2 heteroatoms. The zero-order valence-electron chi connectivity index (χ0n) is 15.9. The van der Waals surface area contributed by atoms with Gasteiger partial charge in [-0.15, -0.1) is 0 Å². The lowest BCUT2D eigenvalue weighted by Gasteiger charge is -2.24. The van der Waals surface area contributed by atoms with E-state index in [4.69, 9.17) is 0 Å². The SMILES string of the molecule is CCCC(C)(C)Cc1cccc(C(=O)Nc2cccc3ccccc23)c1. The van der Waals surface area contributed by atoms with Gasteiger partial charge in [0.25, 0.3) is 5.91 Å². The summed E-state index contributed by atoms with van der Waals surface area (Å²) >= 11 is 0. The molecular formula is C24H27NO. The van der Waals surface area contributed by atoms with Crippen LogP contribution in [0.25, 0.3) is 10.8 Å². The normalized spacial score (nSPS) is 11.5. The van der Waals surface area contributed by atoms with E-state index in [0.717, 1.165) is 22.9 Å². The second-order valence-corrected chi connectivity index (χ2v) is 7.77. The van der Waals surface area contributed by atoms with Crippen molar-refractivity contribution < 1.29 is 4.79 Å². The van der Waals surface area contributed by atoms with E-state index in [1.54, 1.807) is 0 Å². The minimum atomic E-state index is -0.0588. The maximum Gasteiger partial charge on any atom is 0.255 e. The first-order chi connectivity index (χ1) is 12.5. The number of hydrogen-bond acceptors (Lipinski definition) is 1. The van der Waals surface area contributed by atoms with Crippen molar-refractivity contribution in [2.45, 2.75) is 40.0 Å². The molecule has 0 aliphatic carbocycles. The van der Waals surface area contributed by atoms with Crippen LogP contribution < -0.4 is 5.32 Å². The second kappa shape index (κ2) is 7.74. The van der Waals surface area contributed by atoms with E-state index in [2.05, 4.69) is 44.3 Å². The summed E-state index contributed by atoms with van der Waals surface area (Å²) in [5, 5.41) is 5.26. The van der Waals surface area contributed by atoms with Crippen molar-refractivity contribution in [1.29, 1.82) is 0 Å². The summed E-state index contributed by atoms with van der Waals surface area (Å²) in [7, 11) is 0. The van der Waals surface area contributed by atoms with Crippen LogP contribution in [-0.2, 0) is 6.42 Å². The van der Waals surface area contributed by atoms with Crippen molar-refractivity contribution >= 4 is 22.4 Å². The van der Waals surface area contributed by atoms with Crippen LogP contribution in [0.2, 0.25) is 0 Å². The molecule has 134 valence electrons. The number of fused-ring (bicyclic) bond motifs is 1. The van der Waals surface area contributed by atoms with Crippen molar-refractivity contribution in [3.05, 3.63) is 77.9 Å². The molecule has 0 aliphatic heterocycles. The fourth-order valence-corrected chi connectivity index (χ4v) is 3.67. The molecule has 0 saturated carbocycles. The molecule has 0 bridgehead atoms. The van der Waals surface area contributed by atoms with E-state index >= 15 is 0 Å². The van der Waals surface area contributed by atoms with Crippen LogP contribution in [-0.4, -0.2) is 5.91 Å². The lowest BCUT2D eigenvalue weighted by Crippen LogP contribution is -2.16. The Kier molecular flexibility index (Phi) is 5.41. The van der Waals surface area contributed by atoms with E-state index in [-0.39, 0.29) is 11.3 Å². The van der Waals surface area contributed by atoms with Gasteiger partial charge in [-0.25, -0.2) is 0 Å². The molecule has 3 rings (SSSR count). The monoisotopic (exact) mass is 345 g/mol. The summed E-state index contributed by atoms with van der Waals surface area (Å²) in [6.45, 7) is 6.80. The average Bonchev–Trinajstić information content (AvgIpc) is 2.62. The number of rotatable bonds is 6. The summed E-state index contributed by atoms with van der Waals surface area (Å²) in [6, 6.07) is 22.1. The molecule has 0 unspecified atom stereocenters. The second-order valence-electron chi connectivity index (χ2n) is 7.77. The van der Waals surface area contributed by atoms with Crippen LogP contribution in [0.15, 0.2) is 66.7 Å².